The van der Waals surface area contributed by atoms with Gasteiger partial charge in [0.05, 0.1) is 16.4 Å². The number of aromatic amines is 1. The molecule has 0 saturated carbocycles. The van der Waals surface area contributed by atoms with E-state index in [0.29, 0.717) is 47.6 Å². The van der Waals surface area contributed by atoms with Crippen molar-refractivity contribution in [1.82, 2.24) is 14.9 Å². The number of aromatic nitrogens is 2. The van der Waals surface area contributed by atoms with Gasteiger partial charge in [-0.25, -0.2) is 4.79 Å². The number of H-pyrrole nitrogens is 1. The number of carbonyl (C=O) groups is 1. The van der Waals surface area contributed by atoms with Gasteiger partial charge in [0, 0.05) is 41.6 Å². The molecule has 168 valence electrons. The molecule has 3 heterocycles. The summed E-state index contributed by atoms with van der Waals surface area (Å²) in [6.45, 7) is 1.08. The number of halogens is 2. The van der Waals surface area contributed by atoms with Crippen LogP contribution < -0.4 is 10.2 Å². The van der Waals surface area contributed by atoms with Crippen LogP contribution in [0.2, 0.25) is 5.02 Å². The highest BCUT2D eigenvalue weighted by atomic mass is 79.9. The lowest BCUT2D eigenvalue weighted by atomic mass is 9.88. The van der Waals surface area contributed by atoms with Crippen LogP contribution in [-0.2, 0) is 12.8 Å². The van der Waals surface area contributed by atoms with Crippen LogP contribution in [-0.4, -0.2) is 34.1 Å². The number of pyridine rings is 2. The van der Waals surface area contributed by atoms with Crippen LogP contribution >= 0.6 is 27.5 Å². The average molecular weight is 527 g/mol. The lowest BCUT2D eigenvalue weighted by molar-refractivity contribution is 0.148. The van der Waals surface area contributed by atoms with E-state index >= 15 is 0 Å². The van der Waals surface area contributed by atoms with E-state index in [4.69, 9.17) is 16.3 Å². The van der Waals surface area contributed by atoms with Crippen LogP contribution in [0.1, 0.15) is 35.2 Å². The van der Waals surface area contributed by atoms with Crippen molar-refractivity contribution in [2.45, 2.75) is 25.7 Å². The molecular formula is C25H21BrClN3O3. The predicted molar refractivity (Wildman–Crippen MR) is 131 cm³/mol. The van der Waals surface area contributed by atoms with Gasteiger partial charge in [-0.05, 0) is 77.0 Å². The maximum Gasteiger partial charge on any atom is 0.415 e. The Morgan fingerprint density at radius 1 is 1.15 bits per heavy atom. The summed E-state index contributed by atoms with van der Waals surface area (Å²) in [5.74, 6) is 0.429. The van der Waals surface area contributed by atoms with Crippen molar-refractivity contribution < 1.29 is 9.53 Å². The van der Waals surface area contributed by atoms with Crippen molar-refractivity contribution in [2.24, 2.45) is 0 Å². The highest BCUT2D eigenvalue weighted by molar-refractivity contribution is 9.10. The van der Waals surface area contributed by atoms with Gasteiger partial charge in [-0.1, -0.05) is 23.2 Å². The first-order chi connectivity index (χ1) is 16.0. The van der Waals surface area contributed by atoms with E-state index in [1.54, 1.807) is 29.4 Å². The van der Waals surface area contributed by atoms with E-state index in [1.807, 2.05) is 18.2 Å². The maximum atomic E-state index is 12.9. The van der Waals surface area contributed by atoms with Gasteiger partial charge in [-0.2, -0.15) is 0 Å². The predicted octanol–water partition coefficient (Wildman–Crippen LogP) is 5.38. The van der Waals surface area contributed by atoms with Gasteiger partial charge >= 0.3 is 6.09 Å². The number of rotatable bonds is 1. The number of hydrogen-bond acceptors (Lipinski definition) is 4. The molecule has 1 aliphatic heterocycles. The molecule has 5 rings (SSSR count). The Kier molecular flexibility index (Phi) is 6.08. The Hall–Kier alpha value is -2.90. The Labute approximate surface area is 204 Å². The zero-order valence-electron chi connectivity index (χ0n) is 17.7. The minimum atomic E-state index is -0.377. The standard InChI is InChI=1S/C25H21BrClN3O3/c26-21-14-29-23-20(24(21)31)5-3-16-12-17(27)4-6-19(16)22(23)15-7-10-30(11-8-15)25(32)33-18-2-1-9-28-13-18/h1-2,4,6,9,12-14H,3,5,7-8,10-11H2,(H,29,31). The number of ether oxygens (including phenoxy) is 1. The molecule has 8 heteroatoms. The minimum absolute atomic E-state index is 0.0123. The zero-order chi connectivity index (χ0) is 22.9. The number of piperidine rings is 1. The molecule has 0 radical (unpaired) electrons. The van der Waals surface area contributed by atoms with E-state index in [-0.39, 0.29) is 11.5 Å². The molecule has 2 aromatic heterocycles. The van der Waals surface area contributed by atoms with Crippen LogP contribution in [0.15, 0.2) is 63.8 Å². The van der Waals surface area contributed by atoms with Crippen LogP contribution in [0, 0.1) is 0 Å². The molecule has 1 amide bonds. The first kappa shape index (κ1) is 21.9. The summed E-state index contributed by atoms with van der Waals surface area (Å²) in [7, 11) is 0. The maximum absolute atomic E-state index is 12.9. The van der Waals surface area contributed by atoms with Crippen molar-refractivity contribution in [1.29, 1.82) is 0 Å². The van der Waals surface area contributed by atoms with E-state index in [9.17, 15) is 9.59 Å². The van der Waals surface area contributed by atoms with Crippen molar-refractivity contribution in [2.75, 3.05) is 13.1 Å². The summed E-state index contributed by atoms with van der Waals surface area (Å²) < 4.78 is 5.98. The highest BCUT2D eigenvalue weighted by Crippen LogP contribution is 2.38. The lowest BCUT2D eigenvalue weighted by Crippen LogP contribution is -2.38. The molecule has 2 aliphatic rings. The fourth-order valence-electron chi connectivity index (χ4n) is 4.56. The van der Waals surface area contributed by atoms with E-state index < -0.39 is 0 Å². The molecule has 1 saturated heterocycles. The number of amides is 1. The number of nitrogens with one attached hydrogen (secondary N) is 1. The number of benzene rings is 1. The SMILES string of the molecule is O=C(Oc1cccnc1)N1CCC(=C2c3ccc(Cl)cc3CCc3c2[nH]cc(Br)c3=O)CC1. The van der Waals surface area contributed by atoms with Gasteiger partial charge in [-0.15, -0.1) is 0 Å². The minimum Gasteiger partial charge on any atom is -0.409 e. The van der Waals surface area contributed by atoms with Crippen molar-refractivity contribution in [3.63, 3.8) is 0 Å². The third-order valence-corrected chi connectivity index (χ3v) is 7.01. The molecule has 6 nitrogen and oxygen atoms in total. The summed E-state index contributed by atoms with van der Waals surface area (Å²) in [6, 6.07) is 9.36. The summed E-state index contributed by atoms with van der Waals surface area (Å²) in [4.78, 5) is 34.6. The van der Waals surface area contributed by atoms with E-state index in [2.05, 4.69) is 25.9 Å². The molecule has 3 aromatic rings. The smallest absolute Gasteiger partial charge is 0.409 e. The van der Waals surface area contributed by atoms with Gasteiger partial charge in [0.25, 0.3) is 0 Å². The van der Waals surface area contributed by atoms with Crippen LogP contribution in [0.4, 0.5) is 4.79 Å². The molecule has 0 unspecified atom stereocenters. The first-order valence-electron chi connectivity index (χ1n) is 10.8. The molecule has 1 fully saturated rings. The third kappa shape index (κ3) is 4.35. The molecule has 1 N–H and O–H groups in total. The quantitative estimate of drug-likeness (QED) is 0.462. The zero-order valence-corrected chi connectivity index (χ0v) is 20.1. The Morgan fingerprint density at radius 3 is 2.73 bits per heavy atom. The second-order valence-electron chi connectivity index (χ2n) is 8.14. The molecule has 0 bridgehead atoms. The third-order valence-electron chi connectivity index (χ3n) is 6.19. The first-order valence-corrected chi connectivity index (χ1v) is 12.0. The molecule has 0 spiro atoms. The van der Waals surface area contributed by atoms with E-state index in [0.717, 1.165) is 34.4 Å². The molecular weight excluding hydrogens is 506 g/mol. The molecule has 0 atom stereocenters. The number of likely N-dealkylation sites (tertiary alicyclic amines) is 1. The number of aryl methyl sites for hydroxylation is 1. The second-order valence-corrected chi connectivity index (χ2v) is 9.43. The summed E-state index contributed by atoms with van der Waals surface area (Å²) in [6.07, 6.45) is 7.25. The van der Waals surface area contributed by atoms with Crippen LogP contribution in [0.25, 0.3) is 5.57 Å². The topological polar surface area (TPSA) is 75.3 Å². The number of fused-ring (bicyclic) bond motifs is 2. The van der Waals surface area contributed by atoms with Crippen molar-refractivity contribution in [3.05, 3.63) is 96.6 Å². The van der Waals surface area contributed by atoms with Gasteiger partial charge < -0.3 is 14.6 Å². The number of nitrogens with zero attached hydrogens (tertiary/aromatic N) is 2. The average Bonchev–Trinajstić information content (AvgIpc) is 2.99. The number of hydrogen-bond donors (Lipinski definition) is 1. The molecule has 1 aliphatic carbocycles. The van der Waals surface area contributed by atoms with Crippen molar-refractivity contribution in [3.8, 4) is 5.75 Å². The summed E-state index contributed by atoms with van der Waals surface area (Å²) >= 11 is 9.67. The Balaban J connectivity index is 1.49. The fraction of sp³-hybridized carbons (Fsp3) is 0.240. The fourth-order valence-corrected chi connectivity index (χ4v) is 5.11. The molecule has 33 heavy (non-hydrogen) atoms. The largest absolute Gasteiger partial charge is 0.415 e. The van der Waals surface area contributed by atoms with Gasteiger partial charge in [-0.3, -0.25) is 9.78 Å². The van der Waals surface area contributed by atoms with Crippen LogP contribution in [0.5, 0.6) is 5.75 Å². The monoisotopic (exact) mass is 525 g/mol. The summed E-state index contributed by atoms with van der Waals surface area (Å²) in [5.41, 5.74) is 6.15. The lowest BCUT2D eigenvalue weighted by Gasteiger charge is -2.29. The van der Waals surface area contributed by atoms with Crippen LogP contribution in [0.3, 0.4) is 0 Å². The van der Waals surface area contributed by atoms with Gasteiger partial charge in [0.2, 0.25) is 0 Å². The normalized spacial score (nSPS) is 15.5. The highest BCUT2D eigenvalue weighted by Gasteiger charge is 2.28. The van der Waals surface area contributed by atoms with Gasteiger partial charge in [0.15, 0.2) is 11.2 Å². The Morgan fingerprint density at radius 2 is 1.97 bits per heavy atom. The Bertz CT molecular complexity index is 1310. The summed E-state index contributed by atoms with van der Waals surface area (Å²) in [5, 5.41) is 0.685. The number of carbonyl (C=O) groups excluding carboxylic acids is 1. The van der Waals surface area contributed by atoms with Gasteiger partial charge in [0.1, 0.15) is 0 Å². The van der Waals surface area contributed by atoms with E-state index in [1.165, 1.54) is 11.8 Å². The van der Waals surface area contributed by atoms with Crippen molar-refractivity contribution >= 4 is 39.2 Å². The second kappa shape index (κ2) is 9.15. The molecule has 1 aromatic carbocycles.